The maximum Gasteiger partial charge on any atom is 0.311 e. The van der Waals surface area contributed by atoms with Crippen LogP contribution in [-0.4, -0.2) is 40.0 Å². The molecule has 0 saturated carbocycles. The summed E-state index contributed by atoms with van der Waals surface area (Å²) in [7, 11) is 0. The van der Waals surface area contributed by atoms with Gasteiger partial charge < -0.3 is 10.0 Å². The molecule has 1 atom stereocenters. The van der Waals surface area contributed by atoms with Crippen LogP contribution >= 0.6 is 11.3 Å². The number of hydrogen-bond donors (Lipinski definition) is 1. The third-order valence-electron chi connectivity index (χ3n) is 3.42. The predicted octanol–water partition coefficient (Wildman–Crippen LogP) is 1.40. The molecule has 1 aromatic heterocycles. The quantitative estimate of drug-likeness (QED) is 0.896. The van der Waals surface area contributed by atoms with Crippen molar-refractivity contribution in [3.05, 3.63) is 16.6 Å². The number of thiazole rings is 1. The molecule has 0 spiro atoms. The number of carboxylic acid groups (broad SMARTS) is 1. The van der Waals surface area contributed by atoms with Crippen molar-refractivity contribution in [2.24, 2.45) is 5.41 Å². The lowest BCUT2D eigenvalue weighted by Crippen LogP contribution is -2.34. The van der Waals surface area contributed by atoms with Crippen LogP contribution in [0.1, 0.15) is 25.5 Å². The van der Waals surface area contributed by atoms with Crippen LogP contribution in [0, 0.1) is 5.41 Å². The fraction of sp³-hybridized carbons (Fsp3) is 0.583. The third kappa shape index (κ3) is 2.69. The highest BCUT2D eigenvalue weighted by molar-refractivity contribution is 7.07. The van der Waals surface area contributed by atoms with Crippen LogP contribution < -0.4 is 0 Å². The van der Waals surface area contributed by atoms with E-state index in [-0.39, 0.29) is 5.91 Å². The molecule has 6 heteroatoms. The molecule has 18 heavy (non-hydrogen) atoms. The number of nitrogens with zero attached hydrogens (tertiary/aromatic N) is 2. The van der Waals surface area contributed by atoms with Crippen molar-refractivity contribution in [2.45, 2.75) is 26.2 Å². The van der Waals surface area contributed by atoms with Crippen LogP contribution in [-0.2, 0) is 16.0 Å². The van der Waals surface area contributed by atoms with E-state index in [2.05, 4.69) is 4.98 Å². The normalized spacial score (nSPS) is 23.3. The number of aliphatic carboxylic acids is 1. The highest BCUT2D eigenvalue weighted by Crippen LogP contribution is 2.30. The first-order valence-electron chi connectivity index (χ1n) is 5.89. The molecule has 1 N–H and O–H groups in total. The standard InChI is InChI=1S/C12H16N2O3S/c1-12(11(16)17)4-5-14(7-12)10(15)3-2-9-6-18-8-13-9/h6,8H,2-5,7H2,1H3,(H,16,17)/t12-/m1/s1. The van der Waals surface area contributed by atoms with Gasteiger partial charge in [0.2, 0.25) is 5.91 Å². The number of carbonyl (C=O) groups is 2. The van der Waals surface area contributed by atoms with Crippen molar-refractivity contribution in [3.8, 4) is 0 Å². The molecule has 98 valence electrons. The molecule has 0 bridgehead atoms. The van der Waals surface area contributed by atoms with E-state index < -0.39 is 11.4 Å². The zero-order valence-electron chi connectivity index (χ0n) is 10.3. The third-order valence-corrected chi connectivity index (χ3v) is 4.06. The zero-order valence-corrected chi connectivity index (χ0v) is 11.1. The van der Waals surface area contributed by atoms with E-state index in [0.29, 0.717) is 32.4 Å². The number of hydrogen-bond acceptors (Lipinski definition) is 4. The van der Waals surface area contributed by atoms with Crippen molar-refractivity contribution < 1.29 is 14.7 Å². The fourth-order valence-electron chi connectivity index (χ4n) is 2.10. The predicted molar refractivity (Wildman–Crippen MR) is 67.4 cm³/mol. The second kappa shape index (κ2) is 5.06. The molecule has 1 aliphatic heterocycles. The number of amides is 1. The monoisotopic (exact) mass is 268 g/mol. The molecule has 2 rings (SSSR count). The van der Waals surface area contributed by atoms with Crippen molar-refractivity contribution in [2.75, 3.05) is 13.1 Å². The van der Waals surface area contributed by atoms with Gasteiger partial charge in [0, 0.05) is 24.9 Å². The summed E-state index contributed by atoms with van der Waals surface area (Å²) in [5, 5.41) is 11.0. The first-order valence-corrected chi connectivity index (χ1v) is 6.84. The molecule has 0 aliphatic carbocycles. The van der Waals surface area contributed by atoms with E-state index in [0.717, 1.165) is 5.69 Å². The number of aromatic nitrogens is 1. The summed E-state index contributed by atoms with van der Waals surface area (Å²) in [5.74, 6) is -0.801. The molecule has 1 amide bonds. The summed E-state index contributed by atoms with van der Waals surface area (Å²) >= 11 is 1.51. The van der Waals surface area contributed by atoms with Crippen molar-refractivity contribution in [3.63, 3.8) is 0 Å². The summed E-state index contributed by atoms with van der Waals surface area (Å²) in [4.78, 5) is 28.8. The molecule has 2 heterocycles. The van der Waals surface area contributed by atoms with Gasteiger partial charge >= 0.3 is 5.97 Å². The minimum absolute atomic E-state index is 0.0213. The Morgan fingerprint density at radius 3 is 2.94 bits per heavy atom. The van der Waals surface area contributed by atoms with Crippen molar-refractivity contribution in [1.29, 1.82) is 0 Å². The number of likely N-dealkylation sites (tertiary alicyclic amines) is 1. The number of rotatable bonds is 4. The minimum Gasteiger partial charge on any atom is -0.481 e. The molecule has 0 radical (unpaired) electrons. The Morgan fingerprint density at radius 2 is 2.39 bits per heavy atom. The molecule has 0 unspecified atom stereocenters. The van der Waals surface area contributed by atoms with Gasteiger partial charge in [-0.05, 0) is 19.8 Å². The van der Waals surface area contributed by atoms with Gasteiger partial charge in [0.25, 0.3) is 0 Å². The lowest BCUT2D eigenvalue weighted by molar-refractivity contribution is -0.147. The molecule has 1 aromatic rings. The molecule has 1 fully saturated rings. The summed E-state index contributed by atoms with van der Waals surface area (Å²) in [6, 6.07) is 0. The Kier molecular flexibility index (Phi) is 3.65. The summed E-state index contributed by atoms with van der Waals surface area (Å²) in [5.41, 5.74) is 1.89. The SMILES string of the molecule is C[C@@]1(C(=O)O)CCN(C(=O)CCc2cscn2)C1. The van der Waals surface area contributed by atoms with Gasteiger partial charge in [-0.1, -0.05) is 0 Å². The second-order valence-electron chi connectivity index (χ2n) is 4.91. The maximum absolute atomic E-state index is 12.0. The second-order valence-corrected chi connectivity index (χ2v) is 5.63. The van der Waals surface area contributed by atoms with Crippen molar-refractivity contribution in [1.82, 2.24) is 9.88 Å². The summed E-state index contributed by atoms with van der Waals surface area (Å²) in [6.07, 6.45) is 1.56. The first kappa shape index (κ1) is 13.0. The van der Waals surface area contributed by atoms with Crippen LogP contribution in [0.5, 0.6) is 0 Å². The number of aryl methyl sites for hydroxylation is 1. The highest BCUT2D eigenvalue weighted by atomic mass is 32.1. The van der Waals surface area contributed by atoms with Gasteiger partial charge in [-0.25, -0.2) is 4.98 Å². The van der Waals surface area contributed by atoms with Gasteiger partial charge in [-0.15, -0.1) is 11.3 Å². The van der Waals surface area contributed by atoms with E-state index in [1.54, 1.807) is 17.3 Å². The van der Waals surface area contributed by atoms with E-state index >= 15 is 0 Å². The van der Waals surface area contributed by atoms with E-state index in [1.165, 1.54) is 11.3 Å². The van der Waals surface area contributed by atoms with E-state index in [9.17, 15) is 9.59 Å². The summed E-state index contributed by atoms with van der Waals surface area (Å²) in [6.45, 7) is 2.56. The first-order chi connectivity index (χ1) is 8.51. The topological polar surface area (TPSA) is 70.5 Å². The Balaban J connectivity index is 1.86. The smallest absolute Gasteiger partial charge is 0.311 e. The fourth-order valence-corrected chi connectivity index (χ4v) is 2.70. The highest BCUT2D eigenvalue weighted by Gasteiger charge is 2.41. The largest absolute Gasteiger partial charge is 0.481 e. The molecule has 1 aliphatic rings. The Labute approximate surface area is 109 Å². The average Bonchev–Trinajstić information content (AvgIpc) is 2.95. The minimum atomic E-state index is -0.822. The van der Waals surface area contributed by atoms with Crippen LogP contribution in [0.15, 0.2) is 10.9 Å². The molecular formula is C12H16N2O3S. The number of carboxylic acids is 1. The molecule has 0 aromatic carbocycles. The van der Waals surface area contributed by atoms with Gasteiger partial charge in [0.1, 0.15) is 0 Å². The maximum atomic E-state index is 12.0. The van der Waals surface area contributed by atoms with Crippen LogP contribution in [0.3, 0.4) is 0 Å². The lowest BCUT2D eigenvalue weighted by Gasteiger charge is -2.20. The van der Waals surface area contributed by atoms with Crippen LogP contribution in [0.4, 0.5) is 0 Å². The van der Waals surface area contributed by atoms with Crippen LogP contribution in [0.25, 0.3) is 0 Å². The Bertz CT molecular complexity index is 446. The Hall–Kier alpha value is -1.43. The summed E-state index contributed by atoms with van der Waals surface area (Å²) < 4.78 is 0. The lowest BCUT2D eigenvalue weighted by atomic mass is 9.90. The molecular weight excluding hydrogens is 252 g/mol. The molecule has 5 nitrogen and oxygen atoms in total. The Morgan fingerprint density at radius 1 is 1.61 bits per heavy atom. The van der Waals surface area contributed by atoms with Gasteiger partial charge in [-0.3, -0.25) is 9.59 Å². The van der Waals surface area contributed by atoms with Gasteiger partial charge in [0.15, 0.2) is 0 Å². The van der Waals surface area contributed by atoms with E-state index in [1.807, 2.05) is 5.38 Å². The van der Waals surface area contributed by atoms with Crippen molar-refractivity contribution >= 4 is 23.2 Å². The zero-order chi connectivity index (χ0) is 13.2. The van der Waals surface area contributed by atoms with Crippen LogP contribution in [0.2, 0.25) is 0 Å². The van der Waals surface area contributed by atoms with Gasteiger partial charge in [0.05, 0.1) is 16.6 Å². The molecule has 1 saturated heterocycles. The average molecular weight is 268 g/mol. The van der Waals surface area contributed by atoms with E-state index in [4.69, 9.17) is 5.11 Å². The van der Waals surface area contributed by atoms with Gasteiger partial charge in [-0.2, -0.15) is 0 Å². The number of carbonyl (C=O) groups excluding carboxylic acids is 1.